The van der Waals surface area contributed by atoms with E-state index in [0.29, 0.717) is 24.3 Å². The van der Waals surface area contributed by atoms with Crippen molar-refractivity contribution in [3.05, 3.63) is 102 Å². The average molecular weight is 571 g/mol. The molecular weight excluding hydrogens is 541 g/mol. The zero-order chi connectivity index (χ0) is 28.4. The molecule has 0 spiro atoms. The molecule has 2 aliphatic rings. The molecule has 6 rings (SSSR count). The van der Waals surface area contributed by atoms with E-state index in [2.05, 4.69) is 20.9 Å². The Morgan fingerprint density at radius 3 is 2.49 bits per heavy atom. The van der Waals surface area contributed by atoms with Crippen molar-refractivity contribution in [3.8, 4) is 0 Å². The normalized spacial score (nSPS) is 16.5. The summed E-state index contributed by atoms with van der Waals surface area (Å²) in [5.41, 5.74) is 2.75. The van der Waals surface area contributed by atoms with Crippen LogP contribution < -0.4 is 20.3 Å². The first-order valence-corrected chi connectivity index (χ1v) is 14.9. The zero-order valence-corrected chi connectivity index (χ0v) is 23.0. The number of nitrogens with one attached hydrogen (secondary N) is 3. The lowest BCUT2D eigenvalue weighted by Gasteiger charge is -2.36. The first-order valence-electron chi connectivity index (χ1n) is 13.5. The summed E-state index contributed by atoms with van der Waals surface area (Å²) in [4.78, 5) is 30.7. The van der Waals surface area contributed by atoms with Crippen LogP contribution in [0.1, 0.15) is 17.5 Å². The van der Waals surface area contributed by atoms with Crippen LogP contribution in [0.2, 0.25) is 0 Å². The summed E-state index contributed by atoms with van der Waals surface area (Å²) >= 11 is 0. The molecule has 41 heavy (non-hydrogen) atoms. The maximum atomic E-state index is 14.1. The molecule has 0 unspecified atom stereocenters. The van der Waals surface area contributed by atoms with E-state index in [0.717, 1.165) is 45.1 Å². The number of sulfonamides is 1. The standard InChI is InChI=1S/C31H29N5O4S/c37-29(32-16-15-21-9-11-23(12-10-21)30-33-17-18-34-30)20-28-31(38)35-26-7-3-4-8-27(26)36(28)41(39,40)25-14-13-22-5-1-2-6-24(22)19-25/h1-14,19,28H,15-18,20H2,(H,32,37)(H,33,34)(H,35,38)/t28-/m1/s1/i41+3. The monoisotopic (exact) mass is 570 g/mol. The van der Waals surface area contributed by atoms with Crippen LogP contribution in [0, 0.1) is 0 Å². The maximum Gasteiger partial charge on any atom is 0.265 e. The Kier molecular flexibility index (Phi) is 7.15. The van der Waals surface area contributed by atoms with Crippen molar-refractivity contribution in [2.75, 3.05) is 29.3 Å². The number of nitrogens with zero attached hydrogens (tertiary/aromatic N) is 2. The van der Waals surface area contributed by atoms with Crippen molar-refractivity contribution in [1.82, 2.24) is 10.6 Å². The lowest BCUT2D eigenvalue weighted by atomic mass is 10.1. The molecule has 2 amide bonds. The summed E-state index contributed by atoms with van der Waals surface area (Å²) in [6.07, 6.45) is 0.266. The number of anilines is 2. The number of amidine groups is 1. The van der Waals surface area contributed by atoms with E-state index in [1.54, 1.807) is 36.4 Å². The Morgan fingerprint density at radius 1 is 0.951 bits per heavy atom. The van der Waals surface area contributed by atoms with Crippen LogP contribution in [-0.4, -0.2) is 51.7 Å². The molecule has 0 aromatic heterocycles. The van der Waals surface area contributed by atoms with Crippen LogP contribution in [0.5, 0.6) is 0 Å². The molecule has 0 saturated heterocycles. The summed E-state index contributed by atoms with van der Waals surface area (Å²) in [5, 5.41) is 10.5. The maximum absolute atomic E-state index is 14.1. The third kappa shape index (κ3) is 5.38. The number of para-hydroxylation sites is 2. The van der Waals surface area contributed by atoms with Gasteiger partial charge in [-0.25, -0.2) is 8.42 Å². The topological polar surface area (TPSA) is 120 Å². The van der Waals surface area contributed by atoms with Gasteiger partial charge >= 0.3 is 0 Å². The number of amides is 2. The lowest BCUT2D eigenvalue weighted by Crippen LogP contribution is -2.52. The van der Waals surface area contributed by atoms with Gasteiger partial charge < -0.3 is 16.0 Å². The van der Waals surface area contributed by atoms with Crippen LogP contribution in [0.4, 0.5) is 11.4 Å². The van der Waals surface area contributed by atoms with Crippen molar-refractivity contribution in [2.45, 2.75) is 23.8 Å². The summed E-state index contributed by atoms with van der Waals surface area (Å²) in [5.74, 6) is -0.0769. The Morgan fingerprint density at radius 2 is 1.71 bits per heavy atom. The number of carbonyl (C=O) groups is 2. The van der Waals surface area contributed by atoms with E-state index < -0.39 is 27.9 Å². The summed E-state index contributed by atoms with van der Waals surface area (Å²) in [7, 11) is -4.19. The van der Waals surface area contributed by atoms with Gasteiger partial charge in [-0.05, 0) is 47.0 Å². The number of fused-ring (bicyclic) bond motifs is 2. The molecule has 208 valence electrons. The van der Waals surface area contributed by atoms with Gasteiger partial charge in [0.15, 0.2) is 0 Å². The third-order valence-electron chi connectivity index (χ3n) is 7.28. The first kappa shape index (κ1) is 26.5. The fraction of sp³-hybridized carbons (Fsp3) is 0.194. The largest absolute Gasteiger partial charge is 0.368 e. The van der Waals surface area contributed by atoms with Gasteiger partial charge in [-0.3, -0.25) is 18.9 Å². The summed E-state index contributed by atoms with van der Waals surface area (Å²) in [6, 6.07) is 25.8. The minimum absolute atomic E-state index is 0.0494. The minimum atomic E-state index is -4.19. The Hall–Kier alpha value is -4.70. The highest BCUT2D eigenvalue weighted by atomic mass is 35.1. The van der Waals surface area contributed by atoms with E-state index in [-0.39, 0.29) is 11.3 Å². The molecule has 0 aliphatic carbocycles. The smallest absolute Gasteiger partial charge is 0.265 e. The van der Waals surface area contributed by atoms with Crippen LogP contribution >= 0.6 is 0 Å². The van der Waals surface area contributed by atoms with Crippen molar-refractivity contribution < 1.29 is 18.0 Å². The van der Waals surface area contributed by atoms with Crippen molar-refractivity contribution >= 4 is 49.8 Å². The van der Waals surface area contributed by atoms with Crippen LogP contribution in [0.25, 0.3) is 10.8 Å². The van der Waals surface area contributed by atoms with Crippen LogP contribution in [-0.2, 0) is 26.0 Å². The van der Waals surface area contributed by atoms with Crippen molar-refractivity contribution in [2.24, 2.45) is 4.99 Å². The predicted octanol–water partition coefficient (Wildman–Crippen LogP) is 3.45. The molecule has 4 aromatic carbocycles. The van der Waals surface area contributed by atoms with E-state index in [4.69, 9.17) is 0 Å². The number of hydrogen-bond acceptors (Lipinski definition) is 6. The van der Waals surface area contributed by atoms with E-state index in [1.165, 1.54) is 6.07 Å². The number of carbonyl (C=O) groups excluding carboxylic acids is 2. The zero-order valence-electron chi connectivity index (χ0n) is 22.2. The molecule has 2 aliphatic heterocycles. The second-order valence-corrected chi connectivity index (χ2v) is 11.8. The molecule has 0 fully saturated rings. The molecule has 3 N–H and O–H groups in total. The van der Waals surface area contributed by atoms with Crippen LogP contribution in [0.15, 0.2) is 101 Å². The predicted molar refractivity (Wildman–Crippen MR) is 160 cm³/mol. The molecule has 0 bridgehead atoms. The molecule has 0 radical (unpaired) electrons. The van der Waals surface area contributed by atoms with Crippen molar-refractivity contribution in [3.63, 3.8) is 0 Å². The first-order chi connectivity index (χ1) is 19.9. The van der Waals surface area contributed by atoms with Gasteiger partial charge in [0.1, 0.15) is 11.9 Å². The number of hydrogen-bond donors (Lipinski definition) is 3. The average Bonchev–Trinajstić information content (AvgIpc) is 3.53. The number of aliphatic imine (C=N–C) groups is 1. The Balaban J connectivity index is 1.20. The highest BCUT2D eigenvalue weighted by molar-refractivity contribution is 7.93. The SMILES string of the molecule is O=C(C[C@@H]1C(=O)Nc2ccccc2N1[35S](=O)(=O)c1ccc2ccccc2c1)NCCc1ccc(C2=NCCN2)cc1. The fourth-order valence-corrected chi connectivity index (χ4v) is 6.86. The van der Waals surface area contributed by atoms with Gasteiger partial charge in [0.25, 0.3) is 10.0 Å². The molecular formula is C31H29N5O4S. The van der Waals surface area contributed by atoms with Gasteiger partial charge in [-0.15, -0.1) is 0 Å². The fourth-order valence-electron chi connectivity index (χ4n) is 5.19. The molecule has 0 saturated carbocycles. The van der Waals surface area contributed by atoms with Gasteiger partial charge in [-0.2, -0.15) is 0 Å². The molecule has 9 nitrogen and oxygen atoms in total. The van der Waals surface area contributed by atoms with Gasteiger partial charge in [0.05, 0.1) is 29.2 Å². The third-order valence-corrected chi connectivity index (χ3v) is 9.10. The molecule has 10 heteroatoms. The Bertz CT molecular complexity index is 1770. The highest BCUT2D eigenvalue weighted by Crippen LogP contribution is 2.37. The van der Waals surface area contributed by atoms with Gasteiger partial charge in [0.2, 0.25) is 11.8 Å². The van der Waals surface area contributed by atoms with E-state index in [1.807, 2.05) is 48.5 Å². The summed E-state index contributed by atoms with van der Waals surface area (Å²) in [6.45, 7) is 1.96. The Labute approximate surface area is 238 Å². The van der Waals surface area contributed by atoms with Gasteiger partial charge in [0, 0.05) is 18.7 Å². The lowest BCUT2D eigenvalue weighted by molar-refractivity contribution is -0.125. The summed E-state index contributed by atoms with van der Waals surface area (Å²) < 4.78 is 29.2. The van der Waals surface area contributed by atoms with E-state index in [9.17, 15) is 18.0 Å². The second-order valence-electron chi connectivity index (χ2n) is 9.99. The number of rotatable bonds is 8. The quantitative estimate of drug-likeness (QED) is 0.300. The van der Waals surface area contributed by atoms with Gasteiger partial charge in [-0.1, -0.05) is 66.7 Å². The van der Waals surface area contributed by atoms with E-state index >= 15 is 0 Å². The minimum Gasteiger partial charge on any atom is -0.368 e. The van der Waals surface area contributed by atoms with Crippen LogP contribution in [0.3, 0.4) is 0 Å². The highest BCUT2D eigenvalue weighted by Gasteiger charge is 2.42. The molecule has 2 heterocycles. The molecule has 4 aromatic rings. The van der Waals surface area contributed by atoms with Crippen molar-refractivity contribution in [1.29, 1.82) is 0 Å². The molecule has 1 atom stereocenters. The second kappa shape index (κ2) is 11.1. The number of benzene rings is 4.